The maximum atomic E-state index is 12.2. The number of pyridine rings is 1. The van der Waals surface area contributed by atoms with Gasteiger partial charge in [0, 0.05) is 19.3 Å². The van der Waals surface area contributed by atoms with Gasteiger partial charge in [0.2, 0.25) is 0 Å². The number of amides is 1. The van der Waals surface area contributed by atoms with Crippen LogP contribution in [0, 0.1) is 11.8 Å². The van der Waals surface area contributed by atoms with Crippen molar-refractivity contribution in [3.05, 3.63) is 29.0 Å². The van der Waals surface area contributed by atoms with Crippen LogP contribution in [0.1, 0.15) is 17.3 Å². The fraction of sp³-hybridized carbons (Fsp3) is 0.417. The Morgan fingerprint density at radius 2 is 2.22 bits per heavy atom. The van der Waals surface area contributed by atoms with Crippen molar-refractivity contribution < 1.29 is 14.7 Å². The van der Waals surface area contributed by atoms with Crippen LogP contribution in [0.4, 0.5) is 0 Å². The minimum absolute atomic E-state index is 0.0538. The molecule has 0 bridgehead atoms. The van der Waals surface area contributed by atoms with Gasteiger partial charge in [-0.15, -0.1) is 0 Å². The number of aliphatic carboxylic acids is 1. The van der Waals surface area contributed by atoms with Crippen LogP contribution in [0.3, 0.4) is 0 Å². The molecule has 2 atom stereocenters. The maximum Gasteiger partial charge on any atom is 0.308 e. The first kappa shape index (κ1) is 12.8. The number of rotatable bonds is 2. The molecule has 1 aliphatic rings. The van der Waals surface area contributed by atoms with Crippen LogP contribution in [0.25, 0.3) is 0 Å². The van der Waals surface area contributed by atoms with E-state index in [0.717, 1.165) is 0 Å². The highest BCUT2D eigenvalue weighted by Crippen LogP contribution is 2.25. The predicted molar refractivity (Wildman–Crippen MR) is 65.4 cm³/mol. The maximum absolute atomic E-state index is 12.2. The number of carbonyl (C=O) groups excluding carboxylic acids is 1. The quantitative estimate of drug-likeness (QED) is 0.826. The van der Waals surface area contributed by atoms with E-state index in [4.69, 9.17) is 16.7 Å². The zero-order valence-electron chi connectivity index (χ0n) is 9.84. The van der Waals surface area contributed by atoms with Crippen molar-refractivity contribution in [2.24, 2.45) is 11.8 Å². The smallest absolute Gasteiger partial charge is 0.308 e. The Balaban J connectivity index is 2.17. The fourth-order valence-corrected chi connectivity index (χ4v) is 2.37. The van der Waals surface area contributed by atoms with Crippen LogP contribution in [0.15, 0.2) is 18.3 Å². The highest BCUT2D eigenvalue weighted by Gasteiger charge is 2.37. The first-order valence-corrected chi connectivity index (χ1v) is 6.01. The zero-order valence-corrected chi connectivity index (χ0v) is 10.6. The lowest BCUT2D eigenvalue weighted by Gasteiger charge is -2.16. The number of likely N-dealkylation sites (tertiary alicyclic amines) is 1. The summed E-state index contributed by atoms with van der Waals surface area (Å²) >= 11 is 5.86. The van der Waals surface area contributed by atoms with E-state index in [-0.39, 0.29) is 23.5 Å². The Morgan fingerprint density at radius 3 is 2.78 bits per heavy atom. The molecule has 2 heterocycles. The Kier molecular flexibility index (Phi) is 3.52. The Labute approximate surface area is 109 Å². The number of aromatic nitrogens is 1. The second kappa shape index (κ2) is 4.94. The number of nitrogens with zero attached hydrogens (tertiary/aromatic N) is 2. The van der Waals surface area contributed by atoms with Gasteiger partial charge < -0.3 is 10.0 Å². The van der Waals surface area contributed by atoms with Crippen molar-refractivity contribution in [1.82, 2.24) is 9.88 Å². The van der Waals surface area contributed by atoms with Crippen molar-refractivity contribution in [3.8, 4) is 0 Å². The van der Waals surface area contributed by atoms with Gasteiger partial charge in [0.15, 0.2) is 0 Å². The van der Waals surface area contributed by atoms with E-state index in [1.165, 1.54) is 11.1 Å². The van der Waals surface area contributed by atoms with Crippen LogP contribution < -0.4 is 0 Å². The molecular formula is C12H13ClN2O3. The highest BCUT2D eigenvalue weighted by molar-refractivity contribution is 6.32. The fourth-order valence-electron chi connectivity index (χ4n) is 2.17. The van der Waals surface area contributed by atoms with Gasteiger partial charge in [-0.2, -0.15) is 0 Å². The summed E-state index contributed by atoms with van der Waals surface area (Å²) in [4.78, 5) is 28.6. The van der Waals surface area contributed by atoms with Crippen LogP contribution in [-0.2, 0) is 4.79 Å². The van der Waals surface area contributed by atoms with Crippen LogP contribution in [0.2, 0.25) is 5.15 Å². The molecule has 1 aliphatic heterocycles. The van der Waals surface area contributed by atoms with Gasteiger partial charge in [0.1, 0.15) is 5.15 Å². The van der Waals surface area contributed by atoms with Crippen molar-refractivity contribution in [2.75, 3.05) is 13.1 Å². The molecule has 0 aliphatic carbocycles. The van der Waals surface area contributed by atoms with E-state index >= 15 is 0 Å². The van der Waals surface area contributed by atoms with Crippen molar-refractivity contribution >= 4 is 23.5 Å². The van der Waals surface area contributed by atoms with Gasteiger partial charge in [-0.05, 0) is 18.1 Å². The lowest BCUT2D eigenvalue weighted by molar-refractivity contribution is -0.142. The molecule has 1 N–H and O–H groups in total. The van der Waals surface area contributed by atoms with Gasteiger partial charge in [-0.1, -0.05) is 18.5 Å². The van der Waals surface area contributed by atoms with Gasteiger partial charge >= 0.3 is 5.97 Å². The van der Waals surface area contributed by atoms with Gasteiger partial charge in [0.25, 0.3) is 5.91 Å². The van der Waals surface area contributed by atoms with Crippen LogP contribution >= 0.6 is 11.6 Å². The average molecular weight is 269 g/mol. The summed E-state index contributed by atoms with van der Waals surface area (Å²) in [5, 5.41) is 9.18. The van der Waals surface area contributed by atoms with Gasteiger partial charge in [0.05, 0.1) is 11.5 Å². The Morgan fingerprint density at radius 1 is 1.50 bits per heavy atom. The van der Waals surface area contributed by atoms with E-state index < -0.39 is 11.9 Å². The van der Waals surface area contributed by atoms with E-state index in [9.17, 15) is 9.59 Å². The molecule has 2 rings (SSSR count). The summed E-state index contributed by atoms with van der Waals surface area (Å²) in [5.41, 5.74) is 0.317. The molecule has 0 saturated carbocycles. The monoisotopic (exact) mass is 268 g/mol. The molecule has 0 radical (unpaired) electrons. The molecule has 6 heteroatoms. The summed E-state index contributed by atoms with van der Waals surface area (Å²) in [6.45, 7) is 2.48. The molecule has 5 nitrogen and oxygen atoms in total. The van der Waals surface area contributed by atoms with Crippen LogP contribution in [-0.4, -0.2) is 40.0 Å². The third-order valence-electron chi connectivity index (χ3n) is 3.21. The normalized spacial score (nSPS) is 23.1. The van der Waals surface area contributed by atoms with Crippen LogP contribution in [0.5, 0.6) is 0 Å². The number of carboxylic acid groups (broad SMARTS) is 1. The number of halogens is 1. The number of hydrogen-bond donors (Lipinski definition) is 1. The Hall–Kier alpha value is -1.62. The Bertz CT molecular complexity index is 492. The van der Waals surface area contributed by atoms with Crippen molar-refractivity contribution in [3.63, 3.8) is 0 Å². The minimum Gasteiger partial charge on any atom is -0.481 e. The number of carbonyl (C=O) groups is 2. The molecule has 0 spiro atoms. The zero-order chi connectivity index (χ0) is 13.3. The number of carboxylic acids is 1. The molecule has 0 aromatic carbocycles. The first-order chi connectivity index (χ1) is 8.50. The van der Waals surface area contributed by atoms with Gasteiger partial charge in [-0.3, -0.25) is 9.59 Å². The topological polar surface area (TPSA) is 70.5 Å². The molecule has 2 unspecified atom stereocenters. The van der Waals surface area contributed by atoms with E-state index in [1.54, 1.807) is 12.1 Å². The molecule has 1 amide bonds. The first-order valence-electron chi connectivity index (χ1n) is 5.63. The molecule has 1 fully saturated rings. The average Bonchev–Trinajstić information content (AvgIpc) is 2.71. The minimum atomic E-state index is -0.866. The third-order valence-corrected chi connectivity index (χ3v) is 3.51. The molecule has 96 valence electrons. The lowest BCUT2D eigenvalue weighted by Crippen LogP contribution is -2.30. The summed E-state index contributed by atoms with van der Waals surface area (Å²) in [7, 11) is 0. The summed E-state index contributed by atoms with van der Waals surface area (Å²) < 4.78 is 0. The van der Waals surface area contributed by atoms with E-state index in [2.05, 4.69) is 4.98 Å². The molecule has 18 heavy (non-hydrogen) atoms. The summed E-state index contributed by atoms with van der Waals surface area (Å²) in [6, 6.07) is 3.23. The third kappa shape index (κ3) is 2.31. The molecule has 1 saturated heterocycles. The second-order valence-electron chi connectivity index (χ2n) is 4.47. The highest BCUT2D eigenvalue weighted by atomic mass is 35.5. The second-order valence-corrected chi connectivity index (χ2v) is 4.83. The van der Waals surface area contributed by atoms with Gasteiger partial charge in [-0.25, -0.2) is 4.98 Å². The van der Waals surface area contributed by atoms with E-state index in [0.29, 0.717) is 12.1 Å². The number of hydrogen-bond acceptors (Lipinski definition) is 3. The van der Waals surface area contributed by atoms with Crippen molar-refractivity contribution in [2.45, 2.75) is 6.92 Å². The largest absolute Gasteiger partial charge is 0.481 e. The SMILES string of the molecule is CC1CN(C(=O)c2cccnc2Cl)CC1C(=O)O. The lowest BCUT2D eigenvalue weighted by atomic mass is 9.99. The summed E-state index contributed by atoms with van der Waals surface area (Å²) in [5.74, 6) is -1.69. The summed E-state index contributed by atoms with van der Waals surface area (Å²) in [6.07, 6.45) is 1.51. The van der Waals surface area contributed by atoms with E-state index in [1.807, 2.05) is 6.92 Å². The molecular weight excluding hydrogens is 256 g/mol. The van der Waals surface area contributed by atoms with Crippen molar-refractivity contribution in [1.29, 1.82) is 0 Å². The predicted octanol–water partition coefficient (Wildman–Crippen LogP) is 1.53. The molecule has 1 aromatic rings. The molecule has 1 aromatic heterocycles. The standard InChI is InChI=1S/C12H13ClN2O3/c1-7-5-15(6-9(7)12(17)18)11(16)8-3-2-4-14-10(8)13/h2-4,7,9H,5-6H2,1H3,(H,17,18).